The molecule has 316 valence electrons. The maximum absolute atomic E-state index is 15.8. The van der Waals surface area contributed by atoms with E-state index in [-0.39, 0.29) is 37.7 Å². The number of aliphatic hydroxyl groups is 2. The summed E-state index contributed by atoms with van der Waals surface area (Å²) in [6.07, 6.45) is 2.62. The van der Waals surface area contributed by atoms with Crippen LogP contribution in [0.15, 0.2) is 103 Å². The fourth-order valence-electron chi connectivity index (χ4n) is 9.76. The first-order valence-corrected chi connectivity index (χ1v) is 20.7. The number of amides is 2. The highest BCUT2D eigenvalue weighted by molar-refractivity contribution is 6.23. The zero-order chi connectivity index (χ0) is 42.7. The summed E-state index contributed by atoms with van der Waals surface area (Å²) >= 11 is 0. The molecule has 0 radical (unpaired) electrons. The summed E-state index contributed by atoms with van der Waals surface area (Å²) in [5.41, 5.74) is -1.00. The van der Waals surface area contributed by atoms with Gasteiger partial charge in [-0.1, -0.05) is 97.5 Å². The zero-order valence-electron chi connectivity index (χ0n) is 33.8. The van der Waals surface area contributed by atoms with Gasteiger partial charge in [0.15, 0.2) is 0 Å². The molecule has 0 bridgehead atoms. The molecule has 2 saturated heterocycles. The van der Waals surface area contributed by atoms with E-state index >= 15 is 4.79 Å². The third kappa shape index (κ3) is 7.54. The number of aliphatic carboxylic acids is 1. The minimum Gasteiger partial charge on any atom is -0.491 e. The van der Waals surface area contributed by atoms with E-state index in [1.165, 1.54) is 7.11 Å². The molecule has 1 spiro atoms. The lowest BCUT2D eigenvalue weighted by Crippen LogP contribution is -2.53. The fraction of sp³-hybridized carbons (Fsp3) is 0.375. The Balaban J connectivity index is 1.41. The molecule has 1 saturated carbocycles. The van der Waals surface area contributed by atoms with Crippen molar-refractivity contribution in [3.63, 3.8) is 0 Å². The molecular weight excluding hydrogens is 781 g/mol. The zero-order valence-corrected chi connectivity index (χ0v) is 33.8. The lowest BCUT2D eigenvalue weighted by atomic mass is 9.65. The molecule has 1 aliphatic carbocycles. The number of carbonyl (C=O) groups excluding carboxylic acids is 3. The Kier molecular flexibility index (Phi) is 12.0. The third-order valence-corrected chi connectivity index (χ3v) is 12.3. The van der Waals surface area contributed by atoms with Gasteiger partial charge in [0.05, 0.1) is 31.0 Å². The predicted molar refractivity (Wildman–Crippen MR) is 221 cm³/mol. The summed E-state index contributed by atoms with van der Waals surface area (Å²) in [7, 11) is 1.44. The monoisotopic (exact) mass is 828 g/mol. The molecule has 3 fully saturated rings. The Morgan fingerprint density at radius 3 is 2.13 bits per heavy atom. The summed E-state index contributed by atoms with van der Waals surface area (Å²) in [6.45, 7) is -0.362. The molecule has 6 atom stereocenters. The highest BCUT2D eigenvalue weighted by Gasteiger charge is 2.76. The number of carbonyl (C=O) groups is 4. The molecule has 13 heteroatoms. The highest BCUT2D eigenvalue weighted by Crippen LogP contribution is 2.66. The van der Waals surface area contributed by atoms with Crippen molar-refractivity contribution in [3.05, 3.63) is 131 Å². The summed E-state index contributed by atoms with van der Waals surface area (Å²) in [5.74, 6) is 1.60. The number of carboxylic acids is 1. The lowest BCUT2D eigenvalue weighted by Gasteiger charge is -2.46. The van der Waals surface area contributed by atoms with Crippen LogP contribution in [0.4, 0.5) is 10.5 Å². The second-order valence-corrected chi connectivity index (χ2v) is 15.9. The Labute approximate surface area is 353 Å². The van der Waals surface area contributed by atoms with E-state index in [1.54, 1.807) is 47.4 Å². The number of aliphatic hydroxyl groups excluding tert-OH is 1. The van der Waals surface area contributed by atoms with Crippen LogP contribution >= 0.6 is 0 Å². The molecule has 61 heavy (non-hydrogen) atoms. The smallest absolute Gasteiger partial charge is 0.421 e. The SMILES string of the molecule is COCCOC(=O)N1C(=O)C2(c3cc(C#CC4(O)CCCCCC4)ccc31)C(C(=O)O)C1C(=O)OC(c3ccccc3)C(c3ccccc3)N1C2c1ccc(OCCO)cc1. The Morgan fingerprint density at radius 2 is 1.49 bits per heavy atom. The van der Waals surface area contributed by atoms with Gasteiger partial charge in [-0.05, 0) is 78.3 Å². The number of rotatable bonds is 10. The topological polar surface area (TPSA) is 172 Å². The first-order valence-electron chi connectivity index (χ1n) is 20.7. The largest absolute Gasteiger partial charge is 0.491 e. The number of anilines is 1. The molecule has 3 N–H and O–H groups in total. The minimum atomic E-state index is -2.17. The van der Waals surface area contributed by atoms with Crippen molar-refractivity contribution in [3.8, 4) is 17.6 Å². The van der Waals surface area contributed by atoms with Crippen LogP contribution in [0, 0.1) is 17.8 Å². The molecule has 13 nitrogen and oxygen atoms in total. The molecule has 2 amide bonds. The van der Waals surface area contributed by atoms with Crippen molar-refractivity contribution in [2.75, 3.05) is 38.4 Å². The maximum atomic E-state index is 15.8. The van der Waals surface area contributed by atoms with E-state index in [0.717, 1.165) is 30.6 Å². The quantitative estimate of drug-likeness (QED) is 0.0735. The van der Waals surface area contributed by atoms with E-state index in [9.17, 15) is 29.7 Å². The summed E-state index contributed by atoms with van der Waals surface area (Å²) < 4.78 is 22.7. The molecule has 3 heterocycles. The summed E-state index contributed by atoms with van der Waals surface area (Å²) in [4.78, 5) is 61.7. The molecule has 8 rings (SSSR count). The third-order valence-electron chi connectivity index (χ3n) is 12.3. The number of ether oxygens (including phenoxy) is 4. The molecule has 6 unspecified atom stereocenters. The molecule has 4 aliphatic rings. The van der Waals surface area contributed by atoms with Crippen molar-refractivity contribution >= 4 is 29.6 Å². The predicted octanol–water partition coefficient (Wildman–Crippen LogP) is 6.03. The van der Waals surface area contributed by atoms with E-state index in [0.29, 0.717) is 40.8 Å². The first kappa shape index (κ1) is 41.7. The number of hydrogen-bond donors (Lipinski definition) is 3. The van der Waals surface area contributed by atoms with Crippen LogP contribution < -0.4 is 9.64 Å². The summed E-state index contributed by atoms with van der Waals surface area (Å²) in [5, 5.41) is 32.5. The van der Waals surface area contributed by atoms with E-state index in [2.05, 4.69) is 11.8 Å². The molecule has 3 aliphatic heterocycles. The van der Waals surface area contributed by atoms with Gasteiger partial charge in [0.1, 0.15) is 48.0 Å². The van der Waals surface area contributed by atoms with Crippen LogP contribution in [0.2, 0.25) is 0 Å². The number of cyclic esters (lactones) is 1. The van der Waals surface area contributed by atoms with Gasteiger partial charge < -0.3 is 34.3 Å². The number of nitrogens with zero attached hydrogens (tertiary/aromatic N) is 2. The number of esters is 1. The fourth-order valence-corrected chi connectivity index (χ4v) is 9.76. The summed E-state index contributed by atoms with van der Waals surface area (Å²) in [6, 6.07) is 26.3. The Hall–Kier alpha value is -6.04. The first-order chi connectivity index (χ1) is 29.6. The van der Waals surface area contributed by atoms with Crippen LogP contribution in [-0.2, 0) is 34.0 Å². The van der Waals surface area contributed by atoms with Crippen molar-refractivity contribution < 1.29 is 53.4 Å². The average Bonchev–Trinajstić information content (AvgIpc) is 3.61. The van der Waals surface area contributed by atoms with Gasteiger partial charge in [-0.15, -0.1) is 0 Å². The molecule has 4 aromatic carbocycles. The van der Waals surface area contributed by atoms with Crippen LogP contribution in [0.5, 0.6) is 5.75 Å². The lowest BCUT2D eigenvalue weighted by molar-refractivity contribution is -0.179. The van der Waals surface area contributed by atoms with Crippen LogP contribution in [0.1, 0.15) is 84.5 Å². The number of benzene rings is 4. The van der Waals surface area contributed by atoms with E-state index in [4.69, 9.17) is 18.9 Å². The van der Waals surface area contributed by atoms with Gasteiger partial charge in [-0.3, -0.25) is 19.3 Å². The van der Waals surface area contributed by atoms with Gasteiger partial charge in [0.2, 0.25) is 5.91 Å². The maximum Gasteiger partial charge on any atom is 0.421 e. The van der Waals surface area contributed by atoms with Gasteiger partial charge in [-0.25, -0.2) is 9.69 Å². The second-order valence-electron chi connectivity index (χ2n) is 15.9. The Morgan fingerprint density at radius 1 is 0.820 bits per heavy atom. The highest BCUT2D eigenvalue weighted by atomic mass is 16.6. The number of fused-ring (bicyclic) bond motifs is 3. The van der Waals surface area contributed by atoms with E-state index in [1.807, 2.05) is 60.7 Å². The van der Waals surface area contributed by atoms with Crippen molar-refractivity contribution in [1.82, 2.24) is 4.90 Å². The number of morpholine rings is 1. The molecule has 4 aromatic rings. The Bertz CT molecular complexity index is 2320. The standard InChI is InChI=1S/C48H48N2O11/c1-58-28-29-60-46(56)49-37-21-16-31(22-25-47(57)23-10-2-3-11-24-47)30-36(37)48(45(49)55)38(43(52)53)40-44(54)61-41(33-14-8-5-9-15-33)39(32-12-6-4-7-13-32)50(40)42(48)34-17-19-35(20-18-34)59-27-26-51/h4-9,12-21,30,38-42,51,57H,2-3,10-11,23-24,26-29H2,1H3,(H,52,53). The van der Waals surface area contributed by atoms with Crippen LogP contribution in [0.3, 0.4) is 0 Å². The average molecular weight is 829 g/mol. The normalized spacial score (nSPS) is 25.4. The van der Waals surface area contributed by atoms with Gasteiger partial charge in [0.25, 0.3) is 0 Å². The van der Waals surface area contributed by atoms with Crippen LogP contribution in [0.25, 0.3) is 0 Å². The molecule has 0 aromatic heterocycles. The number of hydrogen-bond acceptors (Lipinski definition) is 11. The number of imide groups is 1. The number of carboxylic acid groups (broad SMARTS) is 1. The van der Waals surface area contributed by atoms with Gasteiger partial charge in [0, 0.05) is 12.7 Å². The van der Waals surface area contributed by atoms with Crippen molar-refractivity contribution in [1.29, 1.82) is 0 Å². The van der Waals surface area contributed by atoms with Gasteiger partial charge >= 0.3 is 18.0 Å². The van der Waals surface area contributed by atoms with E-state index < -0.39 is 65.1 Å². The van der Waals surface area contributed by atoms with Crippen LogP contribution in [-0.4, -0.2) is 89.3 Å². The molecular formula is C48H48N2O11. The second kappa shape index (κ2) is 17.5. The minimum absolute atomic E-state index is 0.0214. The van der Waals surface area contributed by atoms with Crippen molar-refractivity contribution in [2.24, 2.45) is 5.92 Å². The van der Waals surface area contributed by atoms with Gasteiger partial charge in [-0.2, -0.15) is 0 Å². The number of methoxy groups -OCH3 is 1. The van der Waals surface area contributed by atoms with Crippen molar-refractivity contribution in [2.45, 2.75) is 73.8 Å².